The lowest BCUT2D eigenvalue weighted by molar-refractivity contribution is 0.607. The van der Waals surface area contributed by atoms with Crippen LogP contribution in [0.15, 0.2) is 48.5 Å². The van der Waals surface area contributed by atoms with Crippen molar-refractivity contribution in [1.29, 1.82) is 0 Å². The zero-order valence-corrected chi connectivity index (χ0v) is 16.3. The highest BCUT2D eigenvalue weighted by atomic mass is 15.3. The Labute approximate surface area is 161 Å². The second kappa shape index (κ2) is 8.05. The van der Waals surface area contributed by atoms with Gasteiger partial charge < -0.3 is 10.2 Å². The van der Waals surface area contributed by atoms with Gasteiger partial charge >= 0.3 is 0 Å². The van der Waals surface area contributed by atoms with E-state index < -0.39 is 0 Å². The molecular formula is C23H28N4. The molecule has 1 saturated heterocycles. The molecule has 4 rings (SSSR count). The Kier molecular flexibility index (Phi) is 5.35. The number of anilines is 1. The van der Waals surface area contributed by atoms with Gasteiger partial charge in [-0.15, -0.1) is 0 Å². The Bertz CT molecular complexity index is 915. The molecule has 27 heavy (non-hydrogen) atoms. The molecule has 1 aromatic heterocycles. The predicted molar refractivity (Wildman–Crippen MR) is 112 cm³/mol. The Balaban J connectivity index is 1.38. The monoisotopic (exact) mass is 360 g/mol. The number of fused-ring (bicyclic) bond motifs is 1. The summed E-state index contributed by atoms with van der Waals surface area (Å²) in [6.07, 6.45) is 2.49. The SMILES string of the molecule is Cc1cc(CNCC(C)c2ccc3ccccc3c2)nc(N2CCCC2)n1. The van der Waals surface area contributed by atoms with Crippen LogP contribution < -0.4 is 10.2 Å². The van der Waals surface area contributed by atoms with Gasteiger partial charge in [0.1, 0.15) is 0 Å². The lowest BCUT2D eigenvalue weighted by Crippen LogP contribution is -2.24. The van der Waals surface area contributed by atoms with Crippen molar-refractivity contribution in [1.82, 2.24) is 15.3 Å². The Hall–Kier alpha value is -2.46. The lowest BCUT2D eigenvalue weighted by Gasteiger charge is -2.17. The van der Waals surface area contributed by atoms with Gasteiger partial charge in [-0.25, -0.2) is 9.97 Å². The highest BCUT2D eigenvalue weighted by molar-refractivity contribution is 5.83. The summed E-state index contributed by atoms with van der Waals surface area (Å²) in [7, 11) is 0. The molecule has 1 fully saturated rings. The van der Waals surface area contributed by atoms with Crippen molar-refractivity contribution in [2.24, 2.45) is 0 Å². The van der Waals surface area contributed by atoms with Crippen LogP contribution >= 0.6 is 0 Å². The van der Waals surface area contributed by atoms with Crippen LogP contribution in [0.3, 0.4) is 0 Å². The topological polar surface area (TPSA) is 41.1 Å². The quantitative estimate of drug-likeness (QED) is 0.706. The first kappa shape index (κ1) is 17.9. The minimum absolute atomic E-state index is 0.454. The second-order valence-electron chi connectivity index (χ2n) is 7.63. The normalized spacial score (nSPS) is 15.4. The molecule has 1 unspecified atom stereocenters. The standard InChI is InChI=1S/C23H28N4/c1-17(20-10-9-19-7-3-4-8-21(19)14-20)15-24-16-22-13-18(2)25-23(26-22)27-11-5-6-12-27/h3-4,7-10,13-14,17,24H,5-6,11-12,15-16H2,1-2H3. The summed E-state index contributed by atoms with van der Waals surface area (Å²) in [6.45, 7) is 8.20. The maximum Gasteiger partial charge on any atom is 0.225 e. The van der Waals surface area contributed by atoms with Crippen LogP contribution in [0.2, 0.25) is 0 Å². The van der Waals surface area contributed by atoms with Gasteiger partial charge in [-0.05, 0) is 48.1 Å². The van der Waals surface area contributed by atoms with E-state index in [4.69, 9.17) is 4.98 Å². The van der Waals surface area contributed by atoms with Gasteiger partial charge in [0.15, 0.2) is 0 Å². The molecule has 0 bridgehead atoms. The van der Waals surface area contributed by atoms with Gasteiger partial charge in [0.25, 0.3) is 0 Å². The van der Waals surface area contributed by atoms with Crippen molar-refractivity contribution in [3.8, 4) is 0 Å². The van der Waals surface area contributed by atoms with E-state index in [0.29, 0.717) is 5.92 Å². The van der Waals surface area contributed by atoms with E-state index in [1.54, 1.807) is 0 Å². The number of aromatic nitrogens is 2. The van der Waals surface area contributed by atoms with E-state index in [2.05, 4.69) is 77.6 Å². The predicted octanol–water partition coefficient (Wildman–Crippen LogP) is 4.43. The van der Waals surface area contributed by atoms with Gasteiger partial charge in [0.05, 0.1) is 5.69 Å². The summed E-state index contributed by atoms with van der Waals surface area (Å²) in [5.74, 6) is 1.35. The molecule has 0 saturated carbocycles. The third kappa shape index (κ3) is 4.28. The zero-order valence-electron chi connectivity index (χ0n) is 16.3. The molecule has 2 heterocycles. The molecule has 2 aromatic carbocycles. The lowest BCUT2D eigenvalue weighted by atomic mass is 9.98. The highest BCUT2D eigenvalue weighted by Gasteiger charge is 2.16. The van der Waals surface area contributed by atoms with Gasteiger partial charge in [-0.1, -0.05) is 49.4 Å². The second-order valence-corrected chi connectivity index (χ2v) is 7.63. The molecule has 1 N–H and O–H groups in total. The van der Waals surface area contributed by atoms with Crippen molar-refractivity contribution in [3.63, 3.8) is 0 Å². The first-order chi connectivity index (χ1) is 13.2. The molecule has 1 aliphatic heterocycles. The average molecular weight is 361 g/mol. The number of aryl methyl sites for hydroxylation is 1. The van der Waals surface area contributed by atoms with E-state index in [9.17, 15) is 0 Å². The van der Waals surface area contributed by atoms with Gasteiger partial charge in [0, 0.05) is 31.9 Å². The van der Waals surface area contributed by atoms with Crippen LogP contribution in [0.5, 0.6) is 0 Å². The van der Waals surface area contributed by atoms with Crippen molar-refractivity contribution < 1.29 is 0 Å². The maximum absolute atomic E-state index is 4.78. The minimum Gasteiger partial charge on any atom is -0.341 e. The summed E-state index contributed by atoms with van der Waals surface area (Å²) < 4.78 is 0. The molecule has 3 aromatic rings. The number of benzene rings is 2. The van der Waals surface area contributed by atoms with Crippen molar-refractivity contribution >= 4 is 16.7 Å². The van der Waals surface area contributed by atoms with E-state index in [1.807, 2.05) is 0 Å². The number of hydrogen-bond acceptors (Lipinski definition) is 4. The molecular weight excluding hydrogens is 332 g/mol. The van der Waals surface area contributed by atoms with E-state index in [-0.39, 0.29) is 0 Å². The minimum atomic E-state index is 0.454. The molecule has 140 valence electrons. The number of rotatable bonds is 6. The molecule has 1 aliphatic rings. The Morgan fingerprint density at radius 3 is 2.59 bits per heavy atom. The van der Waals surface area contributed by atoms with Crippen LogP contribution in [0.1, 0.15) is 42.6 Å². The summed E-state index contributed by atoms with van der Waals surface area (Å²) in [5.41, 5.74) is 3.50. The van der Waals surface area contributed by atoms with Crippen molar-refractivity contribution in [3.05, 3.63) is 65.5 Å². The van der Waals surface area contributed by atoms with E-state index in [1.165, 1.54) is 29.2 Å². The summed E-state index contributed by atoms with van der Waals surface area (Å²) >= 11 is 0. The molecule has 4 nitrogen and oxygen atoms in total. The fraction of sp³-hybridized carbons (Fsp3) is 0.391. The summed E-state index contributed by atoms with van der Waals surface area (Å²) in [5, 5.41) is 6.19. The van der Waals surface area contributed by atoms with Crippen LogP contribution in [-0.4, -0.2) is 29.6 Å². The number of hydrogen-bond donors (Lipinski definition) is 1. The largest absolute Gasteiger partial charge is 0.341 e. The fourth-order valence-corrected chi connectivity index (χ4v) is 3.81. The van der Waals surface area contributed by atoms with Crippen molar-refractivity contribution in [2.75, 3.05) is 24.5 Å². The molecule has 0 aliphatic carbocycles. The Morgan fingerprint density at radius 1 is 1.00 bits per heavy atom. The zero-order chi connectivity index (χ0) is 18.6. The Morgan fingerprint density at radius 2 is 1.78 bits per heavy atom. The third-order valence-corrected chi connectivity index (χ3v) is 5.38. The average Bonchev–Trinajstić information content (AvgIpc) is 3.22. The van der Waals surface area contributed by atoms with E-state index >= 15 is 0 Å². The van der Waals surface area contributed by atoms with E-state index in [0.717, 1.165) is 43.5 Å². The van der Waals surface area contributed by atoms with Crippen LogP contribution in [0, 0.1) is 6.92 Å². The number of nitrogens with one attached hydrogen (secondary N) is 1. The van der Waals surface area contributed by atoms with Crippen molar-refractivity contribution in [2.45, 2.75) is 39.2 Å². The first-order valence-electron chi connectivity index (χ1n) is 9.98. The highest BCUT2D eigenvalue weighted by Crippen LogP contribution is 2.21. The van der Waals surface area contributed by atoms with Crippen LogP contribution in [0.25, 0.3) is 10.8 Å². The van der Waals surface area contributed by atoms with Gasteiger partial charge in [-0.2, -0.15) is 0 Å². The maximum atomic E-state index is 4.78. The molecule has 0 spiro atoms. The van der Waals surface area contributed by atoms with Gasteiger partial charge in [0.2, 0.25) is 5.95 Å². The fourth-order valence-electron chi connectivity index (χ4n) is 3.81. The molecule has 0 radical (unpaired) electrons. The molecule has 0 amide bonds. The molecule has 1 atom stereocenters. The summed E-state index contributed by atoms with van der Waals surface area (Å²) in [6, 6.07) is 17.4. The number of nitrogens with zero attached hydrogens (tertiary/aromatic N) is 3. The van der Waals surface area contributed by atoms with Gasteiger partial charge in [-0.3, -0.25) is 0 Å². The van der Waals surface area contributed by atoms with Crippen LogP contribution in [0.4, 0.5) is 5.95 Å². The first-order valence-corrected chi connectivity index (χ1v) is 9.98. The molecule has 4 heteroatoms. The summed E-state index contributed by atoms with van der Waals surface area (Å²) in [4.78, 5) is 11.7. The smallest absolute Gasteiger partial charge is 0.225 e. The third-order valence-electron chi connectivity index (χ3n) is 5.38. The van der Waals surface area contributed by atoms with Crippen LogP contribution in [-0.2, 0) is 6.54 Å².